The van der Waals surface area contributed by atoms with Crippen molar-refractivity contribution in [1.82, 2.24) is 14.8 Å². The SMILES string of the molecule is Cc1cccc(C2C3=C(CCN2C(=O)CCCN2CCCCC2=O)c2ccccc2C3)n1. The number of amides is 2. The van der Waals surface area contributed by atoms with E-state index in [1.165, 1.54) is 22.3 Å². The zero-order valence-corrected chi connectivity index (χ0v) is 18.8. The maximum Gasteiger partial charge on any atom is 0.223 e. The van der Waals surface area contributed by atoms with E-state index in [4.69, 9.17) is 4.98 Å². The summed E-state index contributed by atoms with van der Waals surface area (Å²) < 4.78 is 0. The second kappa shape index (κ2) is 8.89. The monoisotopic (exact) mass is 429 g/mol. The summed E-state index contributed by atoms with van der Waals surface area (Å²) in [5, 5.41) is 0. The van der Waals surface area contributed by atoms with E-state index in [2.05, 4.69) is 30.3 Å². The molecule has 1 fully saturated rings. The molecule has 1 unspecified atom stereocenters. The van der Waals surface area contributed by atoms with Crippen LogP contribution in [0.3, 0.4) is 0 Å². The van der Waals surface area contributed by atoms with Crippen LogP contribution in [0, 0.1) is 6.92 Å². The standard InChI is InChI=1S/C27H31N3O2/c1-19-8-6-11-24(28-19)27-23-18-20-9-2-3-10-21(20)22(23)14-17-30(27)26(32)13-7-16-29-15-5-4-12-25(29)31/h2-3,6,8-11,27H,4-5,7,12-18H2,1H3. The molecule has 2 aromatic rings. The number of aromatic nitrogens is 1. The summed E-state index contributed by atoms with van der Waals surface area (Å²) in [6.45, 7) is 4.24. The van der Waals surface area contributed by atoms with Gasteiger partial charge in [-0.05, 0) is 73.4 Å². The first-order valence-electron chi connectivity index (χ1n) is 11.9. The number of hydrogen-bond acceptors (Lipinski definition) is 3. The van der Waals surface area contributed by atoms with E-state index in [-0.39, 0.29) is 17.9 Å². The van der Waals surface area contributed by atoms with Crippen molar-refractivity contribution in [2.45, 2.75) is 57.9 Å². The highest BCUT2D eigenvalue weighted by molar-refractivity contribution is 5.83. The van der Waals surface area contributed by atoms with Crippen molar-refractivity contribution in [3.8, 4) is 0 Å². The Bertz CT molecular complexity index is 1070. The zero-order valence-electron chi connectivity index (χ0n) is 18.8. The van der Waals surface area contributed by atoms with E-state index in [0.29, 0.717) is 19.4 Å². The molecule has 0 radical (unpaired) electrons. The summed E-state index contributed by atoms with van der Waals surface area (Å²) in [4.78, 5) is 34.3. The van der Waals surface area contributed by atoms with Crippen LogP contribution in [0.5, 0.6) is 0 Å². The number of piperidine rings is 1. The molecule has 3 aliphatic rings. The van der Waals surface area contributed by atoms with Gasteiger partial charge in [0.25, 0.3) is 0 Å². The fraction of sp³-hybridized carbons (Fsp3) is 0.444. The molecule has 1 aromatic carbocycles. The topological polar surface area (TPSA) is 53.5 Å². The number of hydrogen-bond donors (Lipinski definition) is 0. The van der Waals surface area contributed by atoms with Gasteiger partial charge in [-0.1, -0.05) is 30.3 Å². The minimum atomic E-state index is -0.102. The van der Waals surface area contributed by atoms with E-state index < -0.39 is 0 Å². The highest BCUT2D eigenvalue weighted by atomic mass is 16.2. The van der Waals surface area contributed by atoms with Crippen LogP contribution in [0.15, 0.2) is 48.0 Å². The van der Waals surface area contributed by atoms with Crippen LogP contribution in [0.1, 0.15) is 67.1 Å². The summed E-state index contributed by atoms with van der Waals surface area (Å²) in [5.74, 6) is 0.410. The second-order valence-electron chi connectivity index (χ2n) is 9.22. The predicted molar refractivity (Wildman–Crippen MR) is 125 cm³/mol. The van der Waals surface area contributed by atoms with Gasteiger partial charge in [0, 0.05) is 38.2 Å². The van der Waals surface area contributed by atoms with Crippen LogP contribution in [-0.2, 0) is 16.0 Å². The molecule has 5 rings (SSSR count). The first-order valence-corrected chi connectivity index (χ1v) is 11.9. The highest BCUT2D eigenvalue weighted by Gasteiger charge is 2.38. The van der Waals surface area contributed by atoms with Gasteiger partial charge in [-0.2, -0.15) is 0 Å². The Balaban J connectivity index is 1.37. The molecule has 0 bridgehead atoms. The van der Waals surface area contributed by atoms with E-state index in [9.17, 15) is 9.59 Å². The number of rotatable bonds is 5. The molecule has 1 atom stereocenters. The highest BCUT2D eigenvalue weighted by Crippen LogP contribution is 2.46. The van der Waals surface area contributed by atoms with Crippen LogP contribution < -0.4 is 0 Å². The van der Waals surface area contributed by atoms with Gasteiger partial charge in [0.15, 0.2) is 0 Å². The van der Waals surface area contributed by atoms with Gasteiger partial charge < -0.3 is 9.80 Å². The van der Waals surface area contributed by atoms with Crippen LogP contribution in [-0.4, -0.2) is 46.2 Å². The minimum Gasteiger partial charge on any atom is -0.343 e. The number of aryl methyl sites for hydroxylation is 1. The maximum atomic E-state index is 13.4. The van der Waals surface area contributed by atoms with Crippen molar-refractivity contribution >= 4 is 17.4 Å². The van der Waals surface area contributed by atoms with Gasteiger partial charge in [0.2, 0.25) is 11.8 Å². The smallest absolute Gasteiger partial charge is 0.223 e. The van der Waals surface area contributed by atoms with Crippen molar-refractivity contribution in [2.24, 2.45) is 0 Å². The Kier molecular flexibility index (Phi) is 5.81. The van der Waals surface area contributed by atoms with Gasteiger partial charge in [-0.25, -0.2) is 0 Å². The number of carbonyl (C=O) groups is 2. The molecule has 5 nitrogen and oxygen atoms in total. The number of carbonyl (C=O) groups excluding carboxylic acids is 2. The number of nitrogens with zero attached hydrogens (tertiary/aromatic N) is 3. The van der Waals surface area contributed by atoms with E-state index >= 15 is 0 Å². The van der Waals surface area contributed by atoms with Gasteiger partial charge >= 0.3 is 0 Å². The summed E-state index contributed by atoms with van der Waals surface area (Å²) in [6, 6.07) is 14.6. The van der Waals surface area contributed by atoms with Crippen molar-refractivity contribution < 1.29 is 9.59 Å². The zero-order chi connectivity index (χ0) is 22.1. The molecule has 3 heterocycles. The molecule has 1 aliphatic carbocycles. The molecule has 1 saturated heterocycles. The van der Waals surface area contributed by atoms with E-state index in [1.807, 2.05) is 28.9 Å². The number of likely N-dealkylation sites (tertiary alicyclic amines) is 1. The number of benzene rings is 1. The lowest BCUT2D eigenvalue weighted by Crippen LogP contribution is -2.40. The largest absolute Gasteiger partial charge is 0.343 e. The van der Waals surface area contributed by atoms with Crippen LogP contribution in [0.4, 0.5) is 0 Å². The Morgan fingerprint density at radius 1 is 1.06 bits per heavy atom. The molecule has 166 valence electrons. The fourth-order valence-electron chi connectivity index (χ4n) is 5.55. The van der Waals surface area contributed by atoms with Crippen molar-refractivity contribution in [1.29, 1.82) is 0 Å². The van der Waals surface area contributed by atoms with Gasteiger partial charge in [0.05, 0.1) is 11.7 Å². The molecular formula is C27H31N3O2. The summed E-state index contributed by atoms with van der Waals surface area (Å²) in [5.41, 5.74) is 7.36. The lowest BCUT2D eigenvalue weighted by atomic mass is 9.90. The molecule has 0 N–H and O–H groups in total. The van der Waals surface area contributed by atoms with Gasteiger partial charge in [-0.3, -0.25) is 14.6 Å². The maximum absolute atomic E-state index is 13.4. The lowest BCUT2D eigenvalue weighted by molar-refractivity contribution is -0.136. The first kappa shape index (κ1) is 20.9. The number of fused-ring (bicyclic) bond motifs is 2. The Labute approximate surface area is 190 Å². The average Bonchev–Trinajstić information content (AvgIpc) is 3.18. The van der Waals surface area contributed by atoms with Crippen LogP contribution >= 0.6 is 0 Å². The van der Waals surface area contributed by atoms with Crippen molar-refractivity contribution in [3.05, 3.63) is 70.6 Å². The third kappa shape index (κ3) is 3.96. The molecular weight excluding hydrogens is 398 g/mol. The third-order valence-electron chi connectivity index (χ3n) is 7.11. The quantitative estimate of drug-likeness (QED) is 0.705. The number of pyridine rings is 1. The molecule has 2 amide bonds. The summed E-state index contributed by atoms with van der Waals surface area (Å²) in [6.07, 6.45) is 5.70. The normalized spacial score (nSPS) is 20.4. The fourth-order valence-corrected chi connectivity index (χ4v) is 5.55. The van der Waals surface area contributed by atoms with E-state index in [1.54, 1.807) is 0 Å². The predicted octanol–water partition coefficient (Wildman–Crippen LogP) is 4.47. The lowest BCUT2D eigenvalue weighted by Gasteiger charge is -2.37. The van der Waals surface area contributed by atoms with Crippen molar-refractivity contribution in [3.63, 3.8) is 0 Å². The average molecular weight is 430 g/mol. The van der Waals surface area contributed by atoms with Gasteiger partial charge in [-0.15, -0.1) is 0 Å². The third-order valence-corrected chi connectivity index (χ3v) is 7.11. The molecule has 1 aromatic heterocycles. The van der Waals surface area contributed by atoms with Crippen LogP contribution in [0.25, 0.3) is 5.57 Å². The minimum absolute atomic E-state index is 0.102. The molecule has 32 heavy (non-hydrogen) atoms. The Hall–Kier alpha value is -2.95. The molecule has 2 aliphatic heterocycles. The van der Waals surface area contributed by atoms with Gasteiger partial charge in [0.1, 0.15) is 0 Å². The molecule has 5 heteroatoms. The Morgan fingerprint density at radius 2 is 1.94 bits per heavy atom. The van der Waals surface area contributed by atoms with E-state index in [0.717, 1.165) is 56.6 Å². The molecule has 0 saturated carbocycles. The Morgan fingerprint density at radius 3 is 2.78 bits per heavy atom. The summed E-state index contributed by atoms with van der Waals surface area (Å²) >= 11 is 0. The second-order valence-corrected chi connectivity index (χ2v) is 9.22. The van der Waals surface area contributed by atoms with Crippen LogP contribution in [0.2, 0.25) is 0 Å². The first-order chi connectivity index (χ1) is 15.6. The molecule has 0 spiro atoms. The van der Waals surface area contributed by atoms with Crippen molar-refractivity contribution in [2.75, 3.05) is 19.6 Å². The summed E-state index contributed by atoms with van der Waals surface area (Å²) in [7, 11) is 0.